The van der Waals surface area contributed by atoms with Crippen LogP contribution in [0, 0.1) is 11.3 Å². The highest BCUT2D eigenvalue weighted by Crippen LogP contribution is 2.24. The minimum Gasteiger partial charge on any atom is -0.404 e. The van der Waals surface area contributed by atoms with Gasteiger partial charge >= 0.3 is 0 Å². The zero-order valence-electron chi connectivity index (χ0n) is 7.33. The Morgan fingerprint density at radius 3 is 2.77 bits per heavy atom. The molecule has 0 heterocycles. The van der Waals surface area contributed by atoms with Gasteiger partial charge in [0.25, 0.3) is 0 Å². The van der Waals surface area contributed by atoms with Gasteiger partial charge in [0.15, 0.2) is 0 Å². The SMILES string of the molecule is N#CCC(=CN)C(Br)=NC1CCC1. The van der Waals surface area contributed by atoms with Crippen molar-refractivity contribution in [1.82, 2.24) is 0 Å². The monoisotopic (exact) mass is 241 g/mol. The smallest absolute Gasteiger partial charge is 0.106 e. The number of aliphatic imine (C=N–C) groups is 1. The minimum atomic E-state index is 0.313. The van der Waals surface area contributed by atoms with E-state index in [0.717, 1.165) is 23.0 Å². The van der Waals surface area contributed by atoms with E-state index >= 15 is 0 Å². The minimum absolute atomic E-state index is 0.313. The second-order valence-corrected chi connectivity index (χ2v) is 3.78. The van der Waals surface area contributed by atoms with Crippen molar-refractivity contribution in [2.75, 3.05) is 0 Å². The Labute approximate surface area is 86.5 Å². The number of hydrogen-bond acceptors (Lipinski definition) is 3. The van der Waals surface area contributed by atoms with Crippen molar-refractivity contribution in [2.45, 2.75) is 31.7 Å². The Morgan fingerprint density at radius 2 is 2.38 bits per heavy atom. The molecule has 0 bridgehead atoms. The molecule has 0 aliphatic heterocycles. The van der Waals surface area contributed by atoms with Crippen LogP contribution in [0.25, 0.3) is 0 Å². The third-order valence-electron chi connectivity index (χ3n) is 2.11. The lowest BCUT2D eigenvalue weighted by Crippen LogP contribution is -2.16. The predicted molar refractivity (Wildman–Crippen MR) is 56.5 cm³/mol. The highest BCUT2D eigenvalue weighted by atomic mass is 79.9. The summed E-state index contributed by atoms with van der Waals surface area (Å²) in [7, 11) is 0. The quantitative estimate of drug-likeness (QED) is 0.770. The lowest BCUT2D eigenvalue weighted by atomic mass is 9.94. The van der Waals surface area contributed by atoms with Crippen molar-refractivity contribution < 1.29 is 0 Å². The maximum atomic E-state index is 8.50. The number of nitriles is 1. The Bertz CT molecular complexity index is 271. The topological polar surface area (TPSA) is 62.2 Å². The van der Waals surface area contributed by atoms with E-state index < -0.39 is 0 Å². The molecule has 0 amide bonds. The highest BCUT2D eigenvalue weighted by molar-refractivity contribution is 9.18. The fraction of sp³-hybridized carbons (Fsp3) is 0.556. The molecular formula is C9H12BrN3. The van der Waals surface area contributed by atoms with Crippen LogP contribution in [0.2, 0.25) is 0 Å². The Kier molecular flexibility index (Phi) is 3.97. The van der Waals surface area contributed by atoms with Crippen molar-refractivity contribution in [3.05, 3.63) is 11.8 Å². The maximum Gasteiger partial charge on any atom is 0.106 e. The average molecular weight is 242 g/mol. The molecule has 0 unspecified atom stereocenters. The van der Waals surface area contributed by atoms with Gasteiger partial charge in [0.2, 0.25) is 0 Å². The van der Waals surface area contributed by atoms with Gasteiger partial charge in [0.1, 0.15) is 4.62 Å². The van der Waals surface area contributed by atoms with E-state index in [1.807, 2.05) is 6.07 Å². The van der Waals surface area contributed by atoms with Crippen molar-refractivity contribution in [3.63, 3.8) is 0 Å². The molecular weight excluding hydrogens is 230 g/mol. The summed E-state index contributed by atoms with van der Waals surface area (Å²) >= 11 is 3.33. The van der Waals surface area contributed by atoms with Gasteiger partial charge in [-0.25, -0.2) is 0 Å². The molecule has 0 spiro atoms. The molecule has 13 heavy (non-hydrogen) atoms. The number of nitrogens with zero attached hydrogens (tertiary/aromatic N) is 2. The molecule has 4 heteroatoms. The molecule has 70 valence electrons. The molecule has 1 fully saturated rings. The predicted octanol–water partition coefficient (Wildman–Crippen LogP) is 2.09. The van der Waals surface area contributed by atoms with Crippen molar-refractivity contribution in [1.29, 1.82) is 5.26 Å². The zero-order chi connectivity index (χ0) is 9.68. The lowest BCUT2D eigenvalue weighted by molar-refractivity contribution is 0.421. The first-order valence-corrected chi connectivity index (χ1v) is 5.08. The van der Waals surface area contributed by atoms with E-state index in [4.69, 9.17) is 11.0 Å². The van der Waals surface area contributed by atoms with Crippen LogP contribution in [0.15, 0.2) is 16.8 Å². The molecule has 1 aliphatic carbocycles. The van der Waals surface area contributed by atoms with Crippen molar-refractivity contribution in [2.24, 2.45) is 10.7 Å². The van der Waals surface area contributed by atoms with E-state index in [9.17, 15) is 0 Å². The largest absolute Gasteiger partial charge is 0.404 e. The fourth-order valence-corrected chi connectivity index (χ4v) is 1.61. The van der Waals surface area contributed by atoms with E-state index in [1.54, 1.807) is 0 Å². The summed E-state index contributed by atoms with van der Waals surface area (Å²) < 4.78 is 0.737. The summed E-state index contributed by atoms with van der Waals surface area (Å²) in [5.74, 6) is 0. The maximum absolute atomic E-state index is 8.50. The first-order valence-electron chi connectivity index (χ1n) is 4.29. The molecule has 0 atom stereocenters. The van der Waals surface area contributed by atoms with Gasteiger partial charge in [0.05, 0.1) is 18.5 Å². The average Bonchev–Trinajstić information content (AvgIpc) is 2.07. The summed E-state index contributed by atoms with van der Waals surface area (Å²) in [5.41, 5.74) is 6.14. The summed E-state index contributed by atoms with van der Waals surface area (Å²) in [6.45, 7) is 0. The van der Waals surface area contributed by atoms with Crippen LogP contribution in [0.3, 0.4) is 0 Å². The van der Waals surface area contributed by atoms with Crippen LogP contribution in [0.5, 0.6) is 0 Å². The van der Waals surface area contributed by atoms with Crippen molar-refractivity contribution in [3.8, 4) is 6.07 Å². The normalized spacial score (nSPS) is 19.4. The molecule has 3 nitrogen and oxygen atoms in total. The first kappa shape index (κ1) is 10.3. The van der Waals surface area contributed by atoms with Crippen LogP contribution in [-0.2, 0) is 0 Å². The molecule has 0 aromatic heterocycles. The van der Waals surface area contributed by atoms with Crippen LogP contribution in [-0.4, -0.2) is 10.7 Å². The molecule has 0 aromatic carbocycles. The third kappa shape index (κ3) is 2.85. The molecule has 1 aliphatic rings. The fourth-order valence-electron chi connectivity index (χ4n) is 1.04. The standard InChI is InChI=1S/C9H12BrN3/c10-9(7(6-12)4-5-11)13-8-2-1-3-8/h6,8H,1-4,12H2. The van der Waals surface area contributed by atoms with Gasteiger partial charge in [0, 0.05) is 11.8 Å². The van der Waals surface area contributed by atoms with E-state index in [-0.39, 0.29) is 0 Å². The summed E-state index contributed by atoms with van der Waals surface area (Å²) in [4.78, 5) is 4.41. The second kappa shape index (κ2) is 5.03. The van der Waals surface area contributed by atoms with Gasteiger partial charge in [-0.1, -0.05) is 0 Å². The van der Waals surface area contributed by atoms with Gasteiger partial charge in [-0.05, 0) is 35.2 Å². The number of rotatable bonds is 3. The Hall–Kier alpha value is -0.820. The van der Waals surface area contributed by atoms with Gasteiger partial charge in [-0.3, -0.25) is 4.99 Å². The first-order chi connectivity index (χ1) is 6.27. The highest BCUT2D eigenvalue weighted by Gasteiger charge is 2.17. The number of nitrogens with two attached hydrogens (primary N) is 1. The van der Waals surface area contributed by atoms with Crippen LogP contribution < -0.4 is 5.73 Å². The number of halogens is 1. The summed E-state index contributed by atoms with van der Waals surface area (Å²) in [6, 6.07) is 2.48. The molecule has 0 aromatic rings. The second-order valence-electron chi connectivity index (χ2n) is 3.03. The summed E-state index contributed by atoms with van der Waals surface area (Å²) in [6.07, 6.45) is 5.32. The Balaban J connectivity index is 2.58. The van der Waals surface area contributed by atoms with Crippen LogP contribution >= 0.6 is 15.9 Å². The van der Waals surface area contributed by atoms with Crippen LogP contribution in [0.1, 0.15) is 25.7 Å². The number of hydrogen-bond donors (Lipinski definition) is 1. The summed E-state index contributed by atoms with van der Waals surface area (Å²) in [5, 5.41) is 8.50. The van der Waals surface area contributed by atoms with Crippen molar-refractivity contribution >= 4 is 20.6 Å². The van der Waals surface area contributed by atoms with E-state index in [2.05, 4.69) is 20.9 Å². The number of allylic oxidation sites excluding steroid dienone is 1. The Morgan fingerprint density at radius 1 is 1.69 bits per heavy atom. The van der Waals surface area contributed by atoms with Crippen LogP contribution in [0.4, 0.5) is 0 Å². The zero-order valence-corrected chi connectivity index (χ0v) is 8.92. The molecule has 1 rings (SSSR count). The third-order valence-corrected chi connectivity index (χ3v) is 2.82. The molecule has 0 saturated heterocycles. The van der Waals surface area contributed by atoms with Gasteiger partial charge < -0.3 is 5.73 Å². The molecule has 0 radical (unpaired) electrons. The molecule has 1 saturated carbocycles. The van der Waals surface area contributed by atoms with E-state index in [0.29, 0.717) is 12.5 Å². The lowest BCUT2D eigenvalue weighted by Gasteiger charge is -2.21. The van der Waals surface area contributed by atoms with E-state index in [1.165, 1.54) is 12.6 Å². The van der Waals surface area contributed by atoms with Gasteiger partial charge in [-0.2, -0.15) is 5.26 Å². The van der Waals surface area contributed by atoms with Gasteiger partial charge in [-0.15, -0.1) is 0 Å². The molecule has 2 N–H and O–H groups in total.